The Hall–Kier alpha value is -7.78. The molecule has 0 aliphatic heterocycles. The van der Waals surface area contributed by atoms with Gasteiger partial charge in [-0.1, -0.05) is 182 Å². The molecule has 0 unspecified atom stereocenters. The third kappa shape index (κ3) is 6.60. The number of allylic oxidation sites excluding steroid dienone is 6. The van der Waals surface area contributed by atoms with Crippen LogP contribution >= 0.6 is 11.3 Å². The highest BCUT2D eigenvalue weighted by Crippen LogP contribution is 2.50. The second-order valence-corrected chi connectivity index (χ2v) is 18.7. The molecule has 1 aromatic heterocycles. The molecular weight excluding hydrogens is 815 g/mol. The molecule has 11 aromatic rings. The molecule has 12 rings (SSSR count). The predicted molar refractivity (Wildman–Crippen MR) is 288 cm³/mol. The van der Waals surface area contributed by atoms with Crippen molar-refractivity contribution in [2.45, 2.75) is 27.2 Å². The monoisotopic (exact) mass is 861 g/mol. The number of hydrogen-bond donors (Lipinski definition) is 0. The molecular formula is C64H47NS. The van der Waals surface area contributed by atoms with E-state index < -0.39 is 0 Å². The fourth-order valence-corrected chi connectivity index (χ4v) is 11.8. The first-order valence-corrected chi connectivity index (χ1v) is 23.8. The molecule has 0 saturated heterocycles. The van der Waals surface area contributed by atoms with Crippen LogP contribution in [0.25, 0.3) is 91.4 Å². The van der Waals surface area contributed by atoms with Gasteiger partial charge < -0.3 is 4.90 Å². The van der Waals surface area contributed by atoms with E-state index in [2.05, 4.69) is 244 Å². The van der Waals surface area contributed by atoms with Crippen LogP contribution < -0.4 is 4.90 Å². The molecule has 2 heteroatoms. The van der Waals surface area contributed by atoms with Crippen LogP contribution in [0.5, 0.6) is 0 Å². The van der Waals surface area contributed by atoms with Gasteiger partial charge in [-0.3, -0.25) is 0 Å². The average molecular weight is 862 g/mol. The zero-order valence-corrected chi connectivity index (χ0v) is 38.2. The summed E-state index contributed by atoms with van der Waals surface area (Å²) >= 11 is 1.88. The number of fused-ring (bicyclic) bond motifs is 7. The molecule has 0 atom stereocenters. The van der Waals surface area contributed by atoms with Crippen molar-refractivity contribution >= 4 is 86.5 Å². The van der Waals surface area contributed by atoms with Gasteiger partial charge in [0.25, 0.3) is 0 Å². The van der Waals surface area contributed by atoms with Crippen molar-refractivity contribution in [3.8, 4) is 33.4 Å². The molecule has 66 heavy (non-hydrogen) atoms. The maximum absolute atomic E-state index is 2.52. The average Bonchev–Trinajstić information content (AvgIpc) is 3.62. The smallest absolute Gasteiger partial charge is 0.0640 e. The first kappa shape index (κ1) is 39.8. The second kappa shape index (κ2) is 16.3. The number of aryl methyl sites for hydroxylation is 1. The summed E-state index contributed by atoms with van der Waals surface area (Å²) in [7, 11) is 0. The van der Waals surface area contributed by atoms with Crippen molar-refractivity contribution in [2.75, 3.05) is 4.90 Å². The molecule has 10 aromatic carbocycles. The van der Waals surface area contributed by atoms with Gasteiger partial charge in [-0.05, 0) is 146 Å². The van der Waals surface area contributed by atoms with Crippen LogP contribution in [0.2, 0.25) is 0 Å². The molecule has 0 amide bonds. The zero-order chi connectivity index (χ0) is 44.3. The fourth-order valence-electron chi connectivity index (χ4n) is 10.6. The van der Waals surface area contributed by atoms with Crippen LogP contribution in [0, 0.1) is 13.8 Å². The van der Waals surface area contributed by atoms with Crippen LogP contribution in [0.4, 0.5) is 17.1 Å². The third-order valence-electron chi connectivity index (χ3n) is 13.8. The van der Waals surface area contributed by atoms with Gasteiger partial charge in [0.05, 0.1) is 21.8 Å². The minimum atomic E-state index is 0.910. The summed E-state index contributed by atoms with van der Waals surface area (Å²) in [4.78, 5) is 2.52. The first-order valence-electron chi connectivity index (χ1n) is 23.0. The van der Waals surface area contributed by atoms with Crippen molar-refractivity contribution < 1.29 is 0 Å². The van der Waals surface area contributed by atoms with Gasteiger partial charge >= 0.3 is 0 Å². The van der Waals surface area contributed by atoms with E-state index in [0.717, 1.165) is 17.8 Å². The van der Waals surface area contributed by atoms with E-state index in [4.69, 9.17) is 0 Å². The highest BCUT2D eigenvalue weighted by atomic mass is 32.1. The summed E-state index contributed by atoms with van der Waals surface area (Å²) in [6.45, 7) is 6.84. The summed E-state index contributed by atoms with van der Waals surface area (Å²) in [6.07, 6.45) is 9.79. The van der Waals surface area contributed by atoms with Gasteiger partial charge in [0.2, 0.25) is 0 Å². The maximum Gasteiger partial charge on any atom is 0.0640 e. The topological polar surface area (TPSA) is 3.24 Å². The predicted octanol–water partition coefficient (Wildman–Crippen LogP) is 18.9. The molecule has 1 aliphatic rings. The Morgan fingerprint density at radius 1 is 0.439 bits per heavy atom. The minimum Gasteiger partial charge on any atom is -0.308 e. The molecule has 0 saturated carbocycles. The van der Waals surface area contributed by atoms with Crippen LogP contribution in [0.1, 0.15) is 30.0 Å². The molecule has 0 N–H and O–H groups in total. The third-order valence-corrected chi connectivity index (χ3v) is 15.0. The zero-order valence-electron chi connectivity index (χ0n) is 37.3. The maximum atomic E-state index is 2.52. The Labute approximate surface area is 390 Å². The lowest BCUT2D eigenvalue weighted by Crippen LogP contribution is -2.12. The molecule has 1 aliphatic carbocycles. The van der Waals surface area contributed by atoms with Gasteiger partial charge in [-0.25, -0.2) is 0 Å². The van der Waals surface area contributed by atoms with E-state index >= 15 is 0 Å². The number of benzene rings is 10. The van der Waals surface area contributed by atoms with Gasteiger partial charge in [0.1, 0.15) is 0 Å². The Kier molecular flexibility index (Phi) is 9.85. The minimum absolute atomic E-state index is 0.910. The summed E-state index contributed by atoms with van der Waals surface area (Å²) in [5.41, 5.74) is 17.5. The number of thiophene rings is 1. The molecule has 0 radical (unpaired) electrons. The van der Waals surface area contributed by atoms with E-state index in [1.54, 1.807) is 0 Å². The van der Waals surface area contributed by atoms with E-state index in [1.165, 1.54) is 119 Å². The SMILES string of the molecule is CC1=C(c2cc3ccc4ccc(-c5ccc(N(c6ccccc6-c6ccccc6)c6cccc7c6sc6ccccc67)c6ccccc56)cc4c3c(-c3ccccc3C)c2C)CC=CC=C1. The molecule has 0 bridgehead atoms. The summed E-state index contributed by atoms with van der Waals surface area (Å²) in [5.74, 6) is 0. The Balaban J connectivity index is 1.10. The normalized spacial score (nSPS) is 12.8. The molecule has 0 fully saturated rings. The summed E-state index contributed by atoms with van der Waals surface area (Å²) < 4.78 is 2.57. The number of rotatable bonds is 7. The number of para-hydroxylation sites is 1. The van der Waals surface area contributed by atoms with Crippen LogP contribution in [-0.4, -0.2) is 0 Å². The summed E-state index contributed by atoms with van der Waals surface area (Å²) in [5, 5.41) is 10.1. The summed E-state index contributed by atoms with van der Waals surface area (Å²) in [6, 6.07) is 72.1. The fraction of sp³-hybridized carbons (Fsp3) is 0.0625. The van der Waals surface area contributed by atoms with Crippen molar-refractivity contribution in [1.29, 1.82) is 0 Å². The largest absolute Gasteiger partial charge is 0.308 e. The molecule has 314 valence electrons. The Bertz CT molecular complexity index is 3820. The van der Waals surface area contributed by atoms with E-state index in [-0.39, 0.29) is 0 Å². The quantitative estimate of drug-likeness (QED) is 0.144. The lowest BCUT2D eigenvalue weighted by atomic mass is 9.82. The van der Waals surface area contributed by atoms with Gasteiger partial charge in [-0.2, -0.15) is 0 Å². The van der Waals surface area contributed by atoms with Gasteiger partial charge in [-0.15, -0.1) is 11.3 Å². The van der Waals surface area contributed by atoms with Gasteiger partial charge in [0, 0.05) is 26.4 Å². The number of hydrogen-bond acceptors (Lipinski definition) is 2. The van der Waals surface area contributed by atoms with Crippen molar-refractivity contribution in [3.05, 3.63) is 241 Å². The first-order chi connectivity index (χ1) is 32.5. The number of anilines is 3. The molecule has 0 spiro atoms. The van der Waals surface area contributed by atoms with Crippen LogP contribution in [0.15, 0.2) is 224 Å². The van der Waals surface area contributed by atoms with E-state index in [1.807, 2.05) is 11.3 Å². The van der Waals surface area contributed by atoms with Crippen molar-refractivity contribution in [2.24, 2.45) is 0 Å². The van der Waals surface area contributed by atoms with E-state index in [0.29, 0.717) is 0 Å². The standard InChI is InChI=1S/C64H47NS/c1-41-19-6-4-9-23-48(41)56-40-47-36-34-45-33-35-46(39-57(45)63(47)62(43(56)3)49-24-11-10-20-42(49)2)50-37-38-59(53-27-13-12-26-52(50)53)65(58-30-16-14-25-51(58)44-21-7-5-8-22-44)60-31-18-29-55-54-28-15-17-32-61(54)66-64(55)60/h4-22,24-40H,23H2,1-3H3. The van der Waals surface area contributed by atoms with Gasteiger partial charge in [0.15, 0.2) is 0 Å². The van der Waals surface area contributed by atoms with Crippen LogP contribution in [0.3, 0.4) is 0 Å². The Morgan fingerprint density at radius 3 is 2.00 bits per heavy atom. The van der Waals surface area contributed by atoms with Crippen molar-refractivity contribution in [3.63, 3.8) is 0 Å². The number of nitrogens with zero attached hydrogens (tertiary/aromatic N) is 1. The lowest BCUT2D eigenvalue weighted by molar-refractivity contribution is 1.32. The molecule has 1 heterocycles. The highest BCUT2D eigenvalue weighted by molar-refractivity contribution is 7.26. The highest BCUT2D eigenvalue weighted by Gasteiger charge is 2.24. The second-order valence-electron chi connectivity index (χ2n) is 17.6. The Morgan fingerprint density at radius 2 is 1.14 bits per heavy atom. The van der Waals surface area contributed by atoms with Crippen LogP contribution in [-0.2, 0) is 0 Å². The van der Waals surface area contributed by atoms with E-state index in [9.17, 15) is 0 Å². The van der Waals surface area contributed by atoms with Crippen molar-refractivity contribution in [1.82, 2.24) is 0 Å². The molecule has 1 nitrogen and oxygen atoms in total. The lowest BCUT2D eigenvalue weighted by Gasteiger charge is -2.30.